The molecule has 0 bridgehead atoms. The van der Waals surface area contributed by atoms with Crippen LogP contribution in [0.1, 0.15) is 56.3 Å². The molecule has 0 amide bonds. The summed E-state index contributed by atoms with van der Waals surface area (Å²) >= 11 is 0. The molecule has 10 heteroatoms. The van der Waals surface area contributed by atoms with Gasteiger partial charge >= 0.3 is 10.3 Å². The molecule has 0 saturated heterocycles. The summed E-state index contributed by atoms with van der Waals surface area (Å²) in [6.45, 7) is 4.53. The number of rotatable bonds is 6. The van der Waals surface area contributed by atoms with E-state index in [0.717, 1.165) is 30.4 Å². The highest BCUT2D eigenvalue weighted by atomic mass is 32.2. The average Bonchev–Trinajstić information content (AvgIpc) is 3.43. The van der Waals surface area contributed by atoms with E-state index < -0.39 is 22.4 Å². The second-order valence-electron chi connectivity index (χ2n) is 9.59. The first kappa shape index (κ1) is 22.3. The summed E-state index contributed by atoms with van der Waals surface area (Å²) in [7, 11) is -2.79. The molecule has 1 aromatic carbocycles. The van der Waals surface area contributed by atoms with Crippen LogP contribution < -0.4 is 10.0 Å². The van der Waals surface area contributed by atoms with Crippen molar-refractivity contribution in [3.63, 3.8) is 0 Å². The number of hydrogen-bond donors (Lipinski definition) is 3. The Morgan fingerprint density at radius 1 is 1.18 bits per heavy atom. The Morgan fingerprint density at radius 3 is 2.76 bits per heavy atom. The molecule has 0 radical (unpaired) electrons. The van der Waals surface area contributed by atoms with Gasteiger partial charge in [0.25, 0.3) is 0 Å². The highest BCUT2D eigenvalue weighted by molar-refractivity contribution is 7.84. The van der Waals surface area contributed by atoms with Gasteiger partial charge in [0.1, 0.15) is 17.8 Å². The molecule has 176 valence electrons. The van der Waals surface area contributed by atoms with Gasteiger partial charge in [0, 0.05) is 12.2 Å². The van der Waals surface area contributed by atoms with Crippen LogP contribution >= 0.6 is 0 Å². The fraction of sp³-hybridized carbons (Fsp3) is 0.478. The van der Waals surface area contributed by atoms with Gasteiger partial charge in [0.15, 0.2) is 0 Å². The Bertz CT molecular complexity index is 1290. The highest BCUT2D eigenvalue weighted by Gasteiger charge is 2.38. The predicted molar refractivity (Wildman–Crippen MR) is 125 cm³/mol. The molecule has 9 nitrogen and oxygen atoms in total. The molecule has 2 aliphatic rings. The Balaban J connectivity index is 1.41. The van der Waals surface area contributed by atoms with Crippen molar-refractivity contribution in [1.82, 2.24) is 19.3 Å². The van der Waals surface area contributed by atoms with Crippen LogP contribution in [0.4, 0.5) is 5.82 Å². The van der Waals surface area contributed by atoms with E-state index in [1.807, 2.05) is 16.8 Å². The number of benzene rings is 1. The number of anilines is 1. The van der Waals surface area contributed by atoms with Crippen molar-refractivity contribution in [2.75, 3.05) is 12.4 Å². The van der Waals surface area contributed by atoms with Gasteiger partial charge in [0.2, 0.25) is 0 Å². The summed E-state index contributed by atoms with van der Waals surface area (Å²) in [5, 5.41) is 15.0. The minimum Gasteiger partial charge on any atom is -0.391 e. The Hall–Kier alpha value is -2.53. The molecule has 2 aliphatic carbocycles. The molecule has 3 N–H and O–H groups in total. The standard InChI is InChI=1S/C23H29N5O4S/c1-23(2)12-19(15-6-4-5-7-17(15)23)26-21-16-8-9-28(22(16)25-13-24-21)14-10-18(20(29)11-14)27-33(30,31)32-3/h4-9,13-14,18-20,27,29H,10-12H2,1-3H3,(H,24,25,26)/t14-,18+,19+,20+/m1/s1. The van der Waals surface area contributed by atoms with Crippen molar-refractivity contribution in [1.29, 1.82) is 0 Å². The van der Waals surface area contributed by atoms with Gasteiger partial charge in [-0.15, -0.1) is 0 Å². The third-order valence-electron chi connectivity index (χ3n) is 7.01. The van der Waals surface area contributed by atoms with E-state index >= 15 is 0 Å². The quantitative estimate of drug-likeness (QED) is 0.506. The van der Waals surface area contributed by atoms with Crippen molar-refractivity contribution in [3.8, 4) is 0 Å². The van der Waals surface area contributed by atoms with E-state index in [1.54, 1.807) is 6.33 Å². The average molecular weight is 472 g/mol. The van der Waals surface area contributed by atoms with Gasteiger partial charge in [-0.2, -0.15) is 13.1 Å². The number of fused-ring (bicyclic) bond motifs is 2. The molecule has 0 aliphatic heterocycles. The predicted octanol–water partition coefficient (Wildman–Crippen LogP) is 2.81. The fourth-order valence-electron chi connectivity index (χ4n) is 5.40. The van der Waals surface area contributed by atoms with E-state index in [0.29, 0.717) is 12.8 Å². The molecule has 33 heavy (non-hydrogen) atoms. The van der Waals surface area contributed by atoms with Crippen molar-refractivity contribution >= 4 is 27.2 Å². The van der Waals surface area contributed by atoms with E-state index in [1.165, 1.54) is 11.1 Å². The van der Waals surface area contributed by atoms with Crippen LogP contribution in [0.3, 0.4) is 0 Å². The summed E-state index contributed by atoms with van der Waals surface area (Å²) < 4.78 is 32.4. The zero-order valence-electron chi connectivity index (χ0n) is 18.9. The fourth-order valence-corrected chi connectivity index (χ4v) is 6.12. The summed E-state index contributed by atoms with van der Waals surface area (Å²) in [6, 6.07) is 9.93. The monoisotopic (exact) mass is 471 g/mol. The van der Waals surface area contributed by atoms with Crippen LogP contribution in [0.25, 0.3) is 11.0 Å². The minimum absolute atomic E-state index is 0.0802. The van der Waals surface area contributed by atoms with Gasteiger partial charge in [-0.3, -0.25) is 4.18 Å². The maximum atomic E-state index is 11.8. The first-order valence-electron chi connectivity index (χ1n) is 11.1. The van der Waals surface area contributed by atoms with Crippen molar-refractivity contribution < 1.29 is 17.7 Å². The van der Waals surface area contributed by atoms with Crippen LogP contribution in [0.15, 0.2) is 42.9 Å². The molecule has 1 fully saturated rings. The van der Waals surface area contributed by atoms with Crippen molar-refractivity contribution in [2.24, 2.45) is 0 Å². The Kier molecular flexibility index (Phi) is 5.43. The van der Waals surface area contributed by atoms with E-state index in [9.17, 15) is 13.5 Å². The second-order valence-corrected chi connectivity index (χ2v) is 11.1. The lowest BCUT2D eigenvalue weighted by atomic mass is 9.86. The third kappa shape index (κ3) is 4.01. The zero-order chi connectivity index (χ0) is 23.4. The Morgan fingerprint density at radius 2 is 1.97 bits per heavy atom. The van der Waals surface area contributed by atoms with Crippen LogP contribution in [0, 0.1) is 0 Å². The first-order chi connectivity index (χ1) is 15.7. The molecule has 1 saturated carbocycles. The van der Waals surface area contributed by atoms with Crippen LogP contribution in [-0.4, -0.2) is 47.3 Å². The summed E-state index contributed by atoms with van der Waals surface area (Å²) in [5.41, 5.74) is 3.48. The molecule has 5 rings (SSSR count). The van der Waals surface area contributed by atoms with Crippen molar-refractivity contribution in [2.45, 2.75) is 62.8 Å². The number of aliphatic hydroxyl groups is 1. The smallest absolute Gasteiger partial charge is 0.335 e. The highest BCUT2D eigenvalue weighted by Crippen LogP contribution is 2.46. The number of hydrogen-bond acceptors (Lipinski definition) is 7. The van der Waals surface area contributed by atoms with Crippen molar-refractivity contribution in [3.05, 3.63) is 54.0 Å². The minimum atomic E-state index is -3.88. The number of nitrogens with one attached hydrogen (secondary N) is 2. The summed E-state index contributed by atoms with van der Waals surface area (Å²) in [5.74, 6) is 0.770. The molecule has 4 atom stereocenters. The number of aliphatic hydroxyl groups excluding tert-OH is 1. The van der Waals surface area contributed by atoms with Gasteiger partial charge in [-0.25, -0.2) is 9.97 Å². The van der Waals surface area contributed by atoms with Gasteiger partial charge < -0.3 is 15.0 Å². The number of aromatic nitrogens is 3. The normalized spacial score (nSPS) is 26.5. The van der Waals surface area contributed by atoms with E-state index in [-0.39, 0.29) is 17.5 Å². The van der Waals surface area contributed by atoms with Gasteiger partial charge in [-0.1, -0.05) is 38.1 Å². The van der Waals surface area contributed by atoms with Gasteiger partial charge in [0.05, 0.1) is 30.7 Å². The number of nitrogens with zero attached hydrogens (tertiary/aromatic N) is 3. The molecule has 0 unspecified atom stereocenters. The zero-order valence-corrected chi connectivity index (χ0v) is 19.7. The molecule has 2 aromatic heterocycles. The van der Waals surface area contributed by atoms with Crippen LogP contribution in [-0.2, 0) is 19.9 Å². The summed E-state index contributed by atoms with van der Waals surface area (Å²) in [4.78, 5) is 9.03. The van der Waals surface area contributed by atoms with Crippen LogP contribution in [0.2, 0.25) is 0 Å². The lowest BCUT2D eigenvalue weighted by molar-refractivity contribution is 0.154. The van der Waals surface area contributed by atoms with E-state index in [4.69, 9.17) is 0 Å². The van der Waals surface area contributed by atoms with Gasteiger partial charge in [-0.05, 0) is 41.9 Å². The lowest BCUT2D eigenvalue weighted by Crippen LogP contribution is -2.40. The SMILES string of the molecule is COS(=O)(=O)N[C@H]1C[C@@H](n2ccc3c(N[C@H]4CC(C)(C)c5ccccc54)ncnc32)C[C@@H]1O. The lowest BCUT2D eigenvalue weighted by Gasteiger charge is -2.20. The topological polar surface area (TPSA) is 118 Å². The molecular formula is C23H29N5O4S. The molecule has 2 heterocycles. The van der Waals surface area contributed by atoms with E-state index in [2.05, 4.69) is 62.3 Å². The summed E-state index contributed by atoms with van der Waals surface area (Å²) in [6.07, 6.45) is 4.48. The third-order valence-corrected chi connectivity index (χ3v) is 8.04. The Labute approximate surface area is 193 Å². The first-order valence-corrected chi connectivity index (χ1v) is 12.5. The second kappa shape index (κ2) is 8.05. The molecule has 0 spiro atoms. The van der Waals surface area contributed by atoms with Crippen LogP contribution in [0.5, 0.6) is 0 Å². The maximum Gasteiger partial charge on any atom is 0.335 e. The largest absolute Gasteiger partial charge is 0.391 e. The molecule has 3 aromatic rings. The maximum absolute atomic E-state index is 11.8. The molecular weight excluding hydrogens is 442 g/mol.